The van der Waals surface area contributed by atoms with Gasteiger partial charge in [-0.15, -0.1) is 0 Å². The minimum Gasteiger partial charge on any atom is -0.275 e. The average molecular weight is 270 g/mol. The quantitative estimate of drug-likeness (QED) is 0.736. The van der Waals surface area contributed by atoms with Crippen LogP contribution in [0.2, 0.25) is 0 Å². The van der Waals surface area contributed by atoms with Crippen LogP contribution in [0.25, 0.3) is 10.9 Å². The fraction of sp³-hybridized carbons (Fsp3) is 0. The summed E-state index contributed by atoms with van der Waals surface area (Å²) in [5.74, 6) is 0. The van der Waals surface area contributed by atoms with E-state index >= 15 is 0 Å². The number of aromatic nitrogens is 3. The monoisotopic (exact) mass is 270 g/mol. The molecule has 12 heavy (non-hydrogen) atoms. The number of hydrogen-bond donors (Lipinski definition) is 1. The van der Waals surface area contributed by atoms with Crippen LogP contribution in [-0.4, -0.2) is 15.2 Å². The van der Waals surface area contributed by atoms with Gasteiger partial charge in [0.2, 0.25) is 0 Å². The van der Waals surface area contributed by atoms with Gasteiger partial charge in [-0.1, -0.05) is 0 Å². The molecular weight excluding hydrogens is 267 g/mol. The third kappa shape index (κ3) is 0.956. The molecule has 0 spiro atoms. The minimum atomic E-state index is 0.530. The molecule has 5 heteroatoms. The number of H-pyrrole nitrogens is 1. The predicted molar refractivity (Wildman–Crippen MR) is 51.3 cm³/mol. The lowest BCUT2D eigenvalue weighted by atomic mass is 10.2. The lowest BCUT2D eigenvalue weighted by molar-refractivity contribution is 1.09. The van der Waals surface area contributed by atoms with Crippen LogP contribution in [0, 0.1) is 15.0 Å². The summed E-state index contributed by atoms with van der Waals surface area (Å²) < 4.78 is 0.840. The number of nitrogens with one attached hydrogen (secondary N) is 1. The van der Waals surface area contributed by atoms with E-state index in [9.17, 15) is 0 Å². The van der Waals surface area contributed by atoms with Gasteiger partial charge in [-0.25, -0.2) is 0 Å². The number of halogens is 1. The summed E-state index contributed by atoms with van der Waals surface area (Å²) in [6, 6.07) is 2.05. The molecule has 0 atom stereocenters. The Morgan fingerprint density at radius 2 is 2.33 bits per heavy atom. The van der Waals surface area contributed by atoms with Gasteiger partial charge in [0.1, 0.15) is 9.77 Å². The molecule has 0 fully saturated rings. The van der Waals surface area contributed by atoms with Crippen molar-refractivity contribution in [2.24, 2.45) is 0 Å². The highest BCUT2D eigenvalue weighted by Gasteiger charge is 2.05. The van der Waals surface area contributed by atoms with E-state index in [4.69, 9.17) is 5.26 Å². The number of aromatic amines is 1. The molecule has 2 rings (SSSR count). The van der Waals surface area contributed by atoms with E-state index in [0.717, 1.165) is 14.6 Å². The molecule has 0 saturated heterocycles. The van der Waals surface area contributed by atoms with Gasteiger partial charge in [-0.2, -0.15) is 10.4 Å². The second kappa shape index (κ2) is 2.71. The van der Waals surface area contributed by atoms with E-state index in [1.807, 2.05) is 6.07 Å². The highest BCUT2D eigenvalue weighted by molar-refractivity contribution is 14.1. The van der Waals surface area contributed by atoms with Crippen LogP contribution in [0.3, 0.4) is 0 Å². The maximum absolute atomic E-state index is 8.70. The van der Waals surface area contributed by atoms with E-state index in [0.29, 0.717) is 5.56 Å². The van der Waals surface area contributed by atoms with Crippen LogP contribution in [0.15, 0.2) is 12.4 Å². The molecule has 0 aromatic carbocycles. The summed E-state index contributed by atoms with van der Waals surface area (Å²) in [6.07, 6.45) is 3.22. The van der Waals surface area contributed by atoms with Crippen molar-refractivity contribution >= 4 is 33.5 Å². The molecule has 2 aromatic rings. The van der Waals surface area contributed by atoms with Gasteiger partial charge < -0.3 is 0 Å². The van der Waals surface area contributed by atoms with Gasteiger partial charge in [0.05, 0.1) is 16.5 Å². The van der Waals surface area contributed by atoms with Gasteiger partial charge >= 0.3 is 0 Å². The Morgan fingerprint density at radius 1 is 1.50 bits per heavy atom. The van der Waals surface area contributed by atoms with Crippen molar-refractivity contribution in [2.45, 2.75) is 0 Å². The number of rotatable bonds is 0. The summed E-state index contributed by atoms with van der Waals surface area (Å²) in [4.78, 5) is 3.93. The van der Waals surface area contributed by atoms with Crippen molar-refractivity contribution in [2.75, 3.05) is 0 Å². The molecule has 2 aromatic heterocycles. The first-order valence-corrected chi connectivity index (χ1v) is 4.28. The molecule has 0 aliphatic rings. The number of hydrogen-bond acceptors (Lipinski definition) is 3. The number of nitriles is 1. The zero-order valence-corrected chi connectivity index (χ0v) is 8.03. The molecule has 0 amide bonds. The topological polar surface area (TPSA) is 65.4 Å². The van der Waals surface area contributed by atoms with Crippen molar-refractivity contribution in [1.82, 2.24) is 15.2 Å². The SMILES string of the molecule is N#Cc1cncc2c(I)n[nH]c12. The first kappa shape index (κ1) is 7.49. The minimum absolute atomic E-state index is 0.530. The summed E-state index contributed by atoms with van der Waals surface area (Å²) in [6.45, 7) is 0. The Bertz CT molecular complexity index is 468. The van der Waals surface area contributed by atoms with Crippen molar-refractivity contribution < 1.29 is 0 Å². The van der Waals surface area contributed by atoms with Crippen LogP contribution in [-0.2, 0) is 0 Å². The van der Waals surface area contributed by atoms with Crippen LogP contribution in [0.1, 0.15) is 5.56 Å². The van der Waals surface area contributed by atoms with E-state index in [-0.39, 0.29) is 0 Å². The molecule has 0 bridgehead atoms. The summed E-state index contributed by atoms with van der Waals surface area (Å²) in [7, 11) is 0. The van der Waals surface area contributed by atoms with Gasteiger partial charge in [0.15, 0.2) is 0 Å². The predicted octanol–water partition coefficient (Wildman–Crippen LogP) is 1.43. The second-order valence-corrected chi connectivity index (χ2v) is 3.26. The first-order chi connectivity index (χ1) is 5.83. The lowest BCUT2D eigenvalue weighted by Crippen LogP contribution is -1.80. The highest BCUT2D eigenvalue weighted by Crippen LogP contribution is 2.18. The molecule has 0 aliphatic heterocycles. The van der Waals surface area contributed by atoms with Gasteiger partial charge in [-0.3, -0.25) is 10.1 Å². The number of pyridine rings is 1. The molecule has 4 nitrogen and oxygen atoms in total. The molecule has 2 heterocycles. The van der Waals surface area contributed by atoms with E-state index < -0.39 is 0 Å². The lowest BCUT2D eigenvalue weighted by Gasteiger charge is -1.89. The third-order valence-electron chi connectivity index (χ3n) is 1.55. The second-order valence-electron chi connectivity index (χ2n) is 2.24. The van der Waals surface area contributed by atoms with Crippen LogP contribution < -0.4 is 0 Å². The van der Waals surface area contributed by atoms with E-state index in [2.05, 4.69) is 37.8 Å². The molecular formula is C7H3IN4. The smallest absolute Gasteiger partial charge is 0.132 e. The Labute approximate surface area is 81.7 Å². The molecule has 0 saturated carbocycles. The zero-order valence-electron chi connectivity index (χ0n) is 5.87. The summed E-state index contributed by atoms with van der Waals surface area (Å²) in [5, 5.41) is 16.4. The molecule has 0 aliphatic carbocycles. The van der Waals surface area contributed by atoms with Crippen LogP contribution in [0.5, 0.6) is 0 Å². The highest BCUT2D eigenvalue weighted by atomic mass is 127. The maximum atomic E-state index is 8.70. The van der Waals surface area contributed by atoms with Crippen molar-refractivity contribution in [3.8, 4) is 6.07 Å². The fourth-order valence-corrected chi connectivity index (χ4v) is 1.52. The van der Waals surface area contributed by atoms with Crippen molar-refractivity contribution in [1.29, 1.82) is 5.26 Å². The van der Waals surface area contributed by atoms with Crippen molar-refractivity contribution in [3.05, 3.63) is 21.7 Å². The Hall–Kier alpha value is -1.16. The molecule has 58 valence electrons. The van der Waals surface area contributed by atoms with Crippen LogP contribution in [0.4, 0.5) is 0 Å². The van der Waals surface area contributed by atoms with E-state index in [1.165, 1.54) is 6.20 Å². The summed E-state index contributed by atoms with van der Waals surface area (Å²) in [5.41, 5.74) is 1.29. The van der Waals surface area contributed by atoms with Crippen LogP contribution >= 0.6 is 22.6 Å². The summed E-state index contributed by atoms with van der Waals surface area (Å²) >= 11 is 2.09. The maximum Gasteiger partial charge on any atom is 0.132 e. The number of nitrogens with zero attached hydrogens (tertiary/aromatic N) is 3. The largest absolute Gasteiger partial charge is 0.275 e. The Kier molecular flexibility index (Phi) is 1.69. The third-order valence-corrected chi connectivity index (χ3v) is 2.38. The van der Waals surface area contributed by atoms with E-state index in [1.54, 1.807) is 6.20 Å². The normalized spacial score (nSPS) is 10.0. The molecule has 0 unspecified atom stereocenters. The first-order valence-electron chi connectivity index (χ1n) is 3.20. The van der Waals surface area contributed by atoms with Gasteiger partial charge in [0, 0.05) is 12.4 Å². The average Bonchev–Trinajstić information content (AvgIpc) is 2.48. The Morgan fingerprint density at radius 3 is 3.08 bits per heavy atom. The van der Waals surface area contributed by atoms with Gasteiger partial charge in [-0.05, 0) is 22.6 Å². The molecule has 1 N–H and O–H groups in total. The zero-order chi connectivity index (χ0) is 8.55. The van der Waals surface area contributed by atoms with Crippen molar-refractivity contribution in [3.63, 3.8) is 0 Å². The standard InChI is InChI=1S/C7H3IN4/c8-7-5-3-10-2-4(1-9)6(5)11-12-7/h2-3H,(H,11,12). The molecule has 0 radical (unpaired) electrons. The fourth-order valence-electron chi connectivity index (χ4n) is 0.987. The number of fused-ring (bicyclic) bond motifs is 1. The Balaban J connectivity index is 2.92. The van der Waals surface area contributed by atoms with Gasteiger partial charge in [0.25, 0.3) is 0 Å².